The number of hydrogen-bond acceptors (Lipinski definition) is 3. The van der Waals surface area contributed by atoms with Crippen molar-refractivity contribution in [2.75, 3.05) is 14.2 Å². The van der Waals surface area contributed by atoms with E-state index in [2.05, 4.69) is 4.74 Å². The number of ether oxygens (including phenoxy) is 1. The molecule has 0 bridgehead atoms. The van der Waals surface area contributed by atoms with Crippen molar-refractivity contribution < 1.29 is 23.1 Å². The highest BCUT2D eigenvalue weighted by Gasteiger charge is 2.25. The van der Waals surface area contributed by atoms with Crippen LogP contribution in [0.5, 0.6) is 5.75 Å². The van der Waals surface area contributed by atoms with Crippen molar-refractivity contribution in [2.24, 2.45) is 0 Å². The highest BCUT2D eigenvalue weighted by molar-refractivity contribution is 6.32. The van der Waals surface area contributed by atoms with E-state index in [1.807, 2.05) is 20.8 Å². The van der Waals surface area contributed by atoms with Crippen molar-refractivity contribution in [1.29, 1.82) is 0 Å². The van der Waals surface area contributed by atoms with Gasteiger partial charge in [0.05, 0.1) is 12.7 Å². The van der Waals surface area contributed by atoms with E-state index in [-0.39, 0.29) is 16.7 Å². The second-order valence-electron chi connectivity index (χ2n) is 5.44. The summed E-state index contributed by atoms with van der Waals surface area (Å²) in [5, 5.41) is 1.21. The molecular formula is C14H18ClF2NO3. The lowest BCUT2D eigenvalue weighted by Crippen LogP contribution is -2.26. The maximum atomic E-state index is 12.6. The standard InChI is InChI=1S/C14H18ClF2NO3/c1-14(2,3)9-7-11(21-13(16)17)8(6-10(9)15)12(19)18(4)20-5/h6-7,13H,1-5H3. The summed E-state index contributed by atoms with van der Waals surface area (Å²) >= 11 is 6.16. The lowest BCUT2D eigenvalue weighted by molar-refractivity contribution is -0.0771. The van der Waals surface area contributed by atoms with Gasteiger partial charge in [-0.05, 0) is 23.1 Å². The van der Waals surface area contributed by atoms with E-state index in [9.17, 15) is 13.6 Å². The van der Waals surface area contributed by atoms with Crippen LogP contribution < -0.4 is 4.74 Å². The van der Waals surface area contributed by atoms with Gasteiger partial charge in [-0.3, -0.25) is 9.63 Å². The lowest BCUT2D eigenvalue weighted by Gasteiger charge is -2.23. The Bertz CT molecular complexity index is 530. The van der Waals surface area contributed by atoms with E-state index in [1.165, 1.54) is 26.3 Å². The molecule has 0 radical (unpaired) electrons. The summed E-state index contributed by atoms with van der Waals surface area (Å²) in [5.74, 6) is -0.858. The van der Waals surface area contributed by atoms with Gasteiger partial charge in [-0.2, -0.15) is 8.78 Å². The second kappa shape index (κ2) is 6.58. The van der Waals surface area contributed by atoms with Crippen LogP contribution in [0, 0.1) is 0 Å². The fourth-order valence-corrected chi connectivity index (χ4v) is 2.19. The predicted octanol–water partition coefficient (Wildman–Crippen LogP) is 3.87. The molecule has 118 valence electrons. The predicted molar refractivity (Wildman–Crippen MR) is 75.9 cm³/mol. The molecule has 0 N–H and O–H groups in total. The van der Waals surface area contributed by atoms with Crippen LogP contribution in [0.4, 0.5) is 8.78 Å². The van der Waals surface area contributed by atoms with Crippen LogP contribution in [0.15, 0.2) is 12.1 Å². The third kappa shape index (κ3) is 4.28. The highest BCUT2D eigenvalue weighted by Crippen LogP contribution is 2.36. The van der Waals surface area contributed by atoms with E-state index < -0.39 is 12.5 Å². The normalized spacial score (nSPS) is 11.7. The summed E-state index contributed by atoms with van der Waals surface area (Å²) in [4.78, 5) is 16.9. The summed E-state index contributed by atoms with van der Waals surface area (Å²) in [6.07, 6.45) is 0. The number of carbonyl (C=O) groups excluding carboxylic acids is 1. The van der Waals surface area contributed by atoms with Crippen LogP contribution in [0.2, 0.25) is 5.02 Å². The minimum atomic E-state index is -3.04. The molecule has 4 nitrogen and oxygen atoms in total. The maximum Gasteiger partial charge on any atom is 0.387 e. The smallest absolute Gasteiger partial charge is 0.387 e. The first-order valence-electron chi connectivity index (χ1n) is 6.19. The Labute approximate surface area is 127 Å². The van der Waals surface area contributed by atoms with Crippen molar-refractivity contribution in [3.05, 3.63) is 28.3 Å². The van der Waals surface area contributed by atoms with Gasteiger partial charge in [0.1, 0.15) is 5.75 Å². The minimum absolute atomic E-state index is 0.0855. The summed E-state index contributed by atoms with van der Waals surface area (Å²) < 4.78 is 29.6. The molecule has 1 aromatic carbocycles. The van der Waals surface area contributed by atoms with Gasteiger partial charge in [0.25, 0.3) is 5.91 Å². The summed E-state index contributed by atoms with van der Waals surface area (Å²) in [7, 11) is 2.65. The molecule has 0 aromatic heterocycles. The van der Waals surface area contributed by atoms with Gasteiger partial charge in [0.15, 0.2) is 0 Å². The maximum absolute atomic E-state index is 12.6. The van der Waals surface area contributed by atoms with E-state index >= 15 is 0 Å². The number of nitrogens with zero attached hydrogens (tertiary/aromatic N) is 1. The SMILES string of the molecule is CON(C)C(=O)c1cc(Cl)c(C(C)(C)C)cc1OC(F)F. The molecule has 0 aliphatic heterocycles. The number of alkyl halides is 2. The molecule has 0 saturated heterocycles. The Morgan fingerprint density at radius 2 is 1.90 bits per heavy atom. The first-order chi connectivity index (χ1) is 9.57. The Balaban J connectivity index is 3.42. The fraction of sp³-hybridized carbons (Fsp3) is 0.500. The molecule has 21 heavy (non-hydrogen) atoms. The Morgan fingerprint density at radius 1 is 1.33 bits per heavy atom. The number of carbonyl (C=O) groups is 1. The van der Waals surface area contributed by atoms with Gasteiger partial charge in [0.2, 0.25) is 0 Å². The minimum Gasteiger partial charge on any atom is -0.434 e. The molecule has 0 atom stereocenters. The van der Waals surface area contributed by atoms with E-state index in [0.29, 0.717) is 10.6 Å². The number of hydroxylamine groups is 2. The quantitative estimate of drug-likeness (QED) is 0.790. The molecule has 0 unspecified atom stereocenters. The van der Waals surface area contributed by atoms with E-state index in [1.54, 1.807) is 0 Å². The van der Waals surface area contributed by atoms with Crippen LogP contribution >= 0.6 is 11.6 Å². The van der Waals surface area contributed by atoms with Gasteiger partial charge in [0, 0.05) is 12.1 Å². The molecule has 0 saturated carbocycles. The zero-order chi connectivity index (χ0) is 16.4. The summed E-state index contributed by atoms with van der Waals surface area (Å²) in [6.45, 7) is 2.59. The molecule has 0 fully saturated rings. The third-order valence-electron chi connectivity index (χ3n) is 2.88. The molecule has 0 aliphatic carbocycles. The van der Waals surface area contributed by atoms with Crippen molar-refractivity contribution in [1.82, 2.24) is 5.06 Å². The lowest BCUT2D eigenvalue weighted by atomic mass is 9.86. The van der Waals surface area contributed by atoms with Gasteiger partial charge in [-0.15, -0.1) is 0 Å². The molecule has 1 aromatic rings. The molecule has 0 aliphatic rings. The van der Waals surface area contributed by atoms with E-state index in [4.69, 9.17) is 16.4 Å². The number of halogens is 3. The molecule has 0 heterocycles. The Morgan fingerprint density at radius 3 is 2.33 bits per heavy atom. The van der Waals surface area contributed by atoms with Crippen LogP contribution in [0.1, 0.15) is 36.7 Å². The molecular weight excluding hydrogens is 304 g/mol. The van der Waals surface area contributed by atoms with Gasteiger partial charge < -0.3 is 4.74 Å². The topological polar surface area (TPSA) is 38.8 Å². The molecule has 7 heteroatoms. The van der Waals surface area contributed by atoms with Crippen molar-refractivity contribution in [3.63, 3.8) is 0 Å². The number of amides is 1. The molecule has 1 amide bonds. The average Bonchev–Trinajstić information content (AvgIpc) is 2.36. The monoisotopic (exact) mass is 321 g/mol. The van der Waals surface area contributed by atoms with Crippen molar-refractivity contribution in [2.45, 2.75) is 32.8 Å². The van der Waals surface area contributed by atoms with Crippen LogP contribution in [-0.4, -0.2) is 31.7 Å². The highest BCUT2D eigenvalue weighted by atomic mass is 35.5. The average molecular weight is 322 g/mol. The first kappa shape index (κ1) is 17.7. The van der Waals surface area contributed by atoms with E-state index in [0.717, 1.165) is 5.06 Å². The van der Waals surface area contributed by atoms with Gasteiger partial charge in [-0.1, -0.05) is 32.4 Å². The Hall–Kier alpha value is -1.40. The zero-order valence-corrected chi connectivity index (χ0v) is 13.3. The number of benzene rings is 1. The largest absolute Gasteiger partial charge is 0.434 e. The van der Waals surface area contributed by atoms with Gasteiger partial charge >= 0.3 is 6.61 Å². The van der Waals surface area contributed by atoms with Gasteiger partial charge in [-0.25, -0.2) is 5.06 Å². The summed E-state index contributed by atoms with van der Waals surface area (Å²) in [5.41, 5.74) is 0.139. The number of rotatable bonds is 4. The van der Waals surface area contributed by atoms with Crippen LogP contribution in [0.3, 0.4) is 0 Å². The second-order valence-corrected chi connectivity index (χ2v) is 5.85. The molecule has 1 rings (SSSR count). The molecule has 0 spiro atoms. The third-order valence-corrected chi connectivity index (χ3v) is 3.20. The zero-order valence-electron chi connectivity index (χ0n) is 12.5. The number of hydrogen-bond donors (Lipinski definition) is 0. The Kier molecular flexibility index (Phi) is 5.53. The van der Waals surface area contributed by atoms with Crippen LogP contribution in [0.25, 0.3) is 0 Å². The van der Waals surface area contributed by atoms with Crippen molar-refractivity contribution >= 4 is 17.5 Å². The van der Waals surface area contributed by atoms with Crippen LogP contribution in [-0.2, 0) is 10.3 Å². The van der Waals surface area contributed by atoms with Crippen molar-refractivity contribution in [3.8, 4) is 5.75 Å². The fourth-order valence-electron chi connectivity index (χ4n) is 1.74. The first-order valence-corrected chi connectivity index (χ1v) is 6.56. The summed E-state index contributed by atoms with van der Waals surface area (Å²) in [6, 6.07) is 2.68.